The van der Waals surface area contributed by atoms with Gasteiger partial charge >= 0.3 is 0 Å². The Morgan fingerprint density at radius 2 is 1.06 bits per heavy atom. The van der Waals surface area contributed by atoms with E-state index in [0.717, 1.165) is 66.5 Å². The van der Waals surface area contributed by atoms with E-state index in [1.807, 2.05) is 36.4 Å². The molecule has 0 spiro atoms. The van der Waals surface area contributed by atoms with Crippen LogP contribution < -0.4 is 0 Å². The minimum absolute atomic E-state index is 0.626. The van der Waals surface area contributed by atoms with Gasteiger partial charge in [-0.05, 0) is 95.9 Å². The van der Waals surface area contributed by atoms with Gasteiger partial charge in [0.15, 0.2) is 0 Å². The van der Waals surface area contributed by atoms with Crippen molar-refractivity contribution in [3.8, 4) is 45.8 Å². The van der Waals surface area contributed by atoms with Gasteiger partial charge in [-0.15, -0.1) is 0 Å². The van der Waals surface area contributed by atoms with Crippen molar-refractivity contribution in [1.82, 2.24) is 9.13 Å². The summed E-state index contributed by atoms with van der Waals surface area (Å²) < 4.78 is 4.60. The Kier molecular flexibility index (Phi) is 6.44. The molecule has 4 heteroatoms. The summed E-state index contributed by atoms with van der Waals surface area (Å²) in [5.74, 6) is 0. The van der Waals surface area contributed by atoms with E-state index in [2.05, 4.69) is 143 Å². The van der Waals surface area contributed by atoms with E-state index >= 15 is 0 Å². The SMILES string of the molecule is Cc1ccc2c3ccccc3n(-c3ccc(C#N)cc3-c3ccc(-c4cccc(-n5c6ccccc6c6cc(C#N)ccc65)c4)cc3)c2c1. The average Bonchev–Trinajstić information content (AvgIpc) is 3.66. The van der Waals surface area contributed by atoms with Crippen LogP contribution in [0.25, 0.3) is 77.2 Å². The Balaban J connectivity index is 1.17. The van der Waals surface area contributed by atoms with Crippen molar-refractivity contribution in [3.63, 3.8) is 0 Å². The minimum Gasteiger partial charge on any atom is -0.309 e. The first-order valence-electron chi connectivity index (χ1n) is 16.3. The van der Waals surface area contributed by atoms with Gasteiger partial charge in [0.1, 0.15) is 0 Å². The Hall–Kier alpha value is -6.88. The quantitative estimate of drug-likeness (QED) is 0.196. The number of benzene rings is 7. The maximum Gasteiger partial charge on any atom is 0.0991 e. The number of rotatable bonds is 4. The fourth-order valence-electron chi connectivity index (χ4n) is 7.36. The van der Waals surface area contributed by atoms with Crippen molar-refractivity contribution >= 4 is 43.6 Å². The molecule has 228 valence electrons. The van der Waals surface area contributed by atoms with Gasteiger partial charge in [-0.1, -0.05) is 84.9 Å². The first kappa shape index (κ1) is 28.4. The molecule has 0 radical (unpaired) electrons. The van der Waals surface area contributed by atoms with E-state index in [0.29, 0.717) is 11.1 Å². The fraction of sp³-hybridized carbons (Fsp3) is 0.0222. The molecule has 0 amide bonds. The number of hydrogen-bond donors (Lipinski definition) is 0. The summed E-state index contributed by atoms with van der Waals surface area (Å²) in [6.07, 6.45) is 0. The molecule has 9 rings (SSSR count). The van der Waals surface area contributed by atoms with E-state index in [1.165, 1.54) is 16.3 Å². The zero-order chi connectivity index (χ0) is 33.1. The van der Waals surface area contributed by atoms with Gasteiger partial charge in [-0.25, -0.2) is 0 Å². The predicted molar refractivity (Wildman–Crippen MR) is 200 cm³/mol. The van der Waals surface area contributed by atoms with Crippen molar-refractivity contribution < 1.29 is 0 Å². The van der Waals surface area contributed by atoms with Crippen LogP contribution in [0.1, 0.15) is 16.7 Å². The van der Waals surface area contributed by atoms with E-state index in [4.69, 9.17) is 0 Å². The smallest absolute Gasteiger partial charge is 0.0991 e. The predicted octanol–water partition coefficient (Wildman–Crippen LogP) is 11.3. The highest BCUT2D eigenvalue weighted by Crippen LogP contribution is 2.38. The molecule has 0 atom stereocenters. The lowest BCUT2D eigenvalue weighted by Gasteiger charge is -2.15. The molecular weight excluding hydrogens is 597 g/mol. The van der Waals surface area contributed by atoms with Crippen LogP contribution in [0.15, 0.2) is 152 Å². The monoisotopic (exact) mass is 624 g/mol. The van der Waals surface area contributed by atoms with Crippen molar-refractivity contribution in [3.05, 3.63) is 168 Å². The van der Waals surface area contributed by atoms with Crippen LogP contribution in [0.5, 0.6) is 0 Å². The lowest BCUT2D eigenvalue weighted by molar-refractivity contribution is 1.18. The Morgan fingerprint density at radius 1 is 0.429 bits per heavy atom. The molecule has 7 aromatic carbocycles. The minimum atomic E-state index is 0.626. The highest BCUT2D eigenvalue weighted by Gasteiger charge is 2.17. The zero-order valence-corrected chi connectivity index (χ0v) is 26.7. The van der Waals surface area contributed by atoms with Crippen LogP contribution in [0, 0.1) is 29.6 Å². The van der Waals surface area contributed by atoms with E-state index in [1.54, 1.807) is 0 Å². The average molecular weight is 625 g/mol. The molecular formula is C45H28N4. The number of nitrogens with zero attached hydrogens (tertiary/aromatic N) is 4. The second-order valence-corrected chi connectivity index (χ2v) is 12.5. The number of hydrogen-bond acceptors (Lipinski definition) is 2. The second-order valence-electron chi connectivity index (χ2n) is 12.5. The molecule has 2 heterocycles. The van der Waals surface area contributed by atoms with Gasteiger partial charge in [0.2, 0.25) is 0 Å². The van der Waals surface area contributed by atoms with Crippen LogP contribution >= 0.6 is 0 Å². The molecule has 0 saturated heterocycles. The van der Waals surface area contributed by atoms with Gasteiger partial charge in [0.05, 0.1) is 51.0 Å². The second kappa shape index (κ2) is 11.1. The molecule has 4 nitrogen and oxygen atoms in total. The van der Waals surface area contributed by atoms with Crippen LogP contribution in [0.4, 0.5) is 0 Å². The maximum absolute atomic E-state index is 9.89. The zero-order valence-electron chi connectivity index (χ0n) is 26.7. The number of fused-ring (bicyclic) bond motifs is 6. The molecule has 49 heavy (non-hydrogen) atoms. The molecule has 0 unspecified atom stereocenters. The van der Waals surface area contributed by atoms with Crippen LogP contribution in [-0.4, -0.2) is 9.13 Å². The maximum atomic E-state index is 9.89. The van der Waals surface area contributed by atoms with Gasteiger partial charge in [0, 0.05) is 32.8 Å². The first-order valence-corrected chi connectivity index (χ1v) is 16.3. The molecule has 0 fully saturated rings. The molecule has 9 aromatic rings. The van der Waals surface area contributed by atoms with Crippen molar-refractivity contribution in [1.29, 1.82) is 10.5 Å². The lowest BCUT2D eigenvalue weighted by Crippen LogP contribution is -1.98. The van der Waals surface area contributed by atoms with Crippen LogP contribution in [0.2, 0.25) is 0 Å². The number of aryl methyl sites for hydroxylation is 1. The van der Waals surface area contributed by atoms with Crippen molar-refractivity contribution in [2.75, 3.05) is 0 Å². The molecule has 0 aliphatic rings. The summed E-state index contributed by atoms with van der Waals surface area (Å²) in [6.45, 7) is 2.13. The summed E-state index contributed by atoms with van der Waals surface area (Å²) in [4.78, 5) is 0. The third-order valence-electron chi connectivity index (χ3n) is 9.63. The summed E-state index contributed by atoms with van der Waals surface area (Å²) in [5, 5.41) is 24.1. The Morgan fingerprint density at radius 3 is 1.84 bits per heavy atom. The van der Waals surface area contributed by atoms with Crippen LogP contribution in [0.3, 0.4) is 0 Å². The standard InChI is InChI=1S/C45H28N4/c1-29-13-20-38-36-9-2-5-12-42(36)49(45(38)23-29)43-21-14-30(27-46)24-39(43)33-18-16-32(17-19-33)34-7-6-8-35(26-34)48-41-11-4-3-10-37(41)40-25-31(28-47)15-22-44(40)48/h2-26H,1H3. The van der Waals surface area contributed by atoms with Gasteiger partial charge in [0.25, 0.3) is 0 Å². The number of aromatic nitrogens is 2. The highest BCUT2D eigenvalue weighted by atomic mass is 15.0. The number of para-hydroxylation sites is 2. The van der Waals surface area contributed by atoms with Gasteiger partial charge in [-0.3, -0.25) is 0 Å². The fourth-order valence-corrected chi connectivity index (χ4v) is 7.36. The third-order valence-corrected chi connectivity index (χ3v) is 9.63. The summed E-state index contributed by atoms with van der Waals surface area (Å²) >= 11 is 0. The Labute approximate surface area is 283 Å². The molecule has 0 aliphatic heterocycles. The topological polar surface area (TPSA) is 57.4 Å². The van der Waals surface area contributed by atoms with Gasteiger partial charge < -0.3 is 9.13 Å². The summed E-state index contributed by atoms with van der Waals surface area (Å²) in [7, 11) is 0. The van der Waals surface area contributed by atoms with Crippen molar-refractivity contribution in [2.45, 2.75) is 6.92 Å². The van der Waals surface area contributed by atoms with Gasteiger partial charge in [-0.2, -0.15) is 10.5 Å². The Bertz CT molecular complexity index is 2850. The van der Waals surface area contributed by atoms with E-state index in [9.17, 15) is 10.5 Å². The van der Waals surface area contributed by atoms with Crippen LogP contribution in [-0.2, 0) is 0 Å². The largest absolute Gasteiger partial charge is 0.309 e. The number of nitriles is 2. The normalized spacial score (nSPS) is 11.3. The molecule has 2 aromatic heterocycles. The van der Waals surface area contributed by atoms with Crippen molar-refractivity contribution in [2.24, 2.45) is 0 Å². The first-order chi connectivity index (χ1) is 24.1. The lowest BCUT2D eigenvalue weighted by atomic mass is 9.97. The van der Waals surface area contributed by atoms with E-state index < -0.39 is 0 Å². The summed E-state index contributed by atoms with van der Waals surface area (Å²) in [5.41, 5.74) is 13.3. The molecule has 0 bridgehead atoms. The molecule has 0 N–H and O–H groups in total. The third kappa shape index (κ3) is 4.51. The van der Waals surface area contributed by atoms with E-state index in [-0.39, 0.29) is 0 Å². The molecule has 0 aliphatic carbocycles. The highest BCUT2D eigenvalue weighted by molar-refractivity contribution is 6.11. The summed E-state index contributed by atoms with van der Waals surface area (Å²) in [6, 6.07) is 57.3. The molecule has 0 saturated carbocycles.